The molecule has 2 heterocycles. The minimum absolute atomic E-state index is 0.222. The molecule has 1 aromatic rings. The van der Waals surface area contributed by atoms with Crippen molar-refractivity contribution in [3.05, 3.63) is 30.3 Å². The largest absolute Gasteiger partial charge is 0.342 e. The van der Waals surface area contributed by atoms with Crippen molar-refractivity contribution >= 4 is 17.7 Å². The lowest BCUT2D eigenvalue weighted by atomic mass is 9.98. The molecule has 1 aromatic carbocycles. The van der Waals surface area contributed by atoms with E-state index in [0.29, 0.717) is 11.8 Å². The molecule has 114 valence electrons. The van der Waals surface area contributed by atoms with E-state index in [2.05, 4.69) is 40.5 Å². The molecule has 2 aliphatic rings. The van der Waals surface area contributed by atoms with E-state index in [4.69, 9.17) is 0 Å². The van der Waals surface area contributed by atoms with Gasteiger partial charge in [0.2, 0.25) is 5.91 Å². The number of hydrogen-bond donors (Lipinski definition) is 1. The molecule has 3 nitrogen and oxygen atoms in total. The first kappa shape index (κ1) is 14.9. The lowest BCUT2D eigenvalue weighted by molar-refractivity contribution is -0.135. The van der Waals surface area contributed by atoms with Crippen molar-refractivity contribution in [2.24, 2.45) is 11.8 Å². The van der Waals surface area contributed by atoms with Gasteiger partial charge < -0.3 is 10.2 Å². The summed E-state index contributed by atoms with van der Waals surface area (Å²) in [6.45, 7) is 3.85. The van der Waals surface area contributed by atoms with Crippen molar-refractivity contribution in [3.63, 3.8) is 0 Å². The molecular formula is C17H24N2OS. The summed E-state index contributed by atoms with van der Waals surface area (Å²) in [4.78, 5) is 15.9. The predicted molar refractivity (Wildman–Crippen MR) is 87.4 cm³/mol. The number of hydrogen-bond acceptors (Lipinski definition) is 3. The summed E-state index contributed by atoms with van der Waals surface area (Å²) in [6.07, 6.45) is 3.36. The number of rotatable bonds is 4. The van der Waals surface area contributed by atoms with Crippen LogP contribution in [0.3, 0.4) is 0 Å². The Bertz CT molecular complexity index is 459. The van der Waals surface area contributed by atoms with Crippen LogP contribution in [0, 0.1) is 11.8 Å². The van der Waals surface area contributed by atoms with Gasteiger partial charge in [-0.25, -0.2) is 0 Å². The Morgan fingerprint density at radius 2 is 2.14 bits per heavy atom. The van der Waals surface area contributed by atoms with E-state index in [1.54, 1.807) is 0 Å². The lowest BCUT2D eigenvalue weighted by Crippen LogP contribution is -2.42. The molecule has 1 amide bonds. The molecule has 1 N–H and O–H groups in total. The smallest absolute Gasteiger partial charge is 0.226 e. The van der Waals surface area contributed by atoms with E-state index < -0.39 is 0 Å². The minimum Gasteiger partial charge on any atom is -0.342 e. The summed E-state index contributed by atoms with van der Waals surface area (Å²) >= 11 is 1.92. The highest BCUT2D eigenvalue weighted by Gasteiger charge is 2.31. The molecule has 4 heteroatoms. The molecule has 0 saturated carbocycles. The Labute approximate surface area is 131 Å². The Hall–Kier alpha value is -1.00. The van der Waals surface area contributed by atoms with E-state index in [9.17, 15) is 4.79 Å². The average molecular weight is 304 g/mol. The van der Waals surface area contributed by atoms with E-state index in [-0.39, 0.29) is 5.92 Å². The molecule has 3 rings (SSSR count). The number of carbonyl (C=O) groups is 1. The number of piperidine rings is 1. The first-order chi connectivity index (χ1) is 10.3. The van der Waals surface area contributed by atoms with Gasteiger partial charge in [-0.2, -0.15) is 0 Å². The standard InChI is InChI=1S/C17H24N2OS/c20-17(15-5-4-9-18-11-15)19-10-8-14(12-19)13-21-16-6-2-1-3-7-16/h1-3,6-7,14-15,18H,4-5,8-13H2. The number of amides is 1. The molecule has 2 saturated heterocycles. The monoisotopic (exact) mass is 304 g/mol. The number of nitrogens with one attached hydrogen (secondary N) is 1. The Morgan fingerprint density at radius 1 is 1.29 bits per heavy atom. The van der Waals surface area contributed by atoms with E-state index in [1.165, 1.54) is 4.90 Å². The fourth-order valence-corrected chi connectivity index (χ4v) is 4.27. The van der Waals surface area contributed by atoms with Gasteiger partial charge in [-0.15, -0.1) is 11.8 Å². The highest BCUT2D eigenvalue weighted by molar-refractivity contribution is 7.99. The number of likely N-dealkylation sites (tertiary alicyclic amines) is 1. The van der Waals surface area contributed by atoms with Gasteiger partial charge in [-0.1, -0.05) is 18.2 Å². The van der Waals surface area contributed by atoms with Gasteiger partial charge in [0.25, 0.3) is 0 Å². The van der Waals surface area contributed by atoms with Crippen molar-refractivity contribution in [1.82, 2.24) is 10.2 Å². The molecule has 0 aromatic heterocycles. The van der Waals surface area contributed by atoms with Crippen LogP contribution in [0.2, 0.25) is 0 Å². The summed E-state index contributed by atoms with van der Waals surface area (Å²) in [6, 6.07) is 10.6. The third kappa shape index (κ3) is 4.01. The molecule has 2 atom stereocenters. The van der Waals surface area contributed by atoms with E-state index in [0.717, 1.165) is 51.2 Å². The van der Waals surface area contributed by atoms with Crippen LogP contribution in [0.4, 0.5) is 0 Å². The van der Waals surface area contributed by atoms with Gasteiger partial charge in [0, 0.05) is 30.3 Å². The zero-order valence-electron chi connectivity index (χ0n) is 12.5. The first-order valence-electron chi connectivity index (χ1n) is 8.00. The van der Waals surface area contributed by atoms with Crippen LogP contribution in [0.1, 0.15) is 19.3 Å². The normalized spacial score (nSPS) is 26.0. The Balaban J connectivity index is 1.45. The molecule has 2 fully saturated rings. The summed E-state index contributed by atoms with van der Waals surface area (Å²) in [5.74, 6) is 2.38. The van der Waals surface area contributed by atoms with Crippen molar-refractivity contribution < 1.29 is 4.79 Å². The zero-order valence-corrected chi connectivity index (χ0v) is 13.3. The number of benzene rings is 1. The minimum atomic E-state index is 0.222. The summed E-state index contributed by atoms with van der Waals surface area (Å²) in [5.41, 5.74) is 0. The van der Waals surface area contributed by atoms with Crippen LogP contribution in [0.5, 0.6) is 0 Å². The van der Waals surface area contributed by atoms with Crippen molar-refractivity contribution in [2.45, 2.75) is 24.2 Å². The third-order valence-electron chi connectivity index (χ3n) is 4.47. The maximum absolute atomic E-state index is 12.5. The molecule has 2 aliphatic heterocycles. The van der Waals surface area contributed by atoms with Crippen molar-refractivity contribution in [1.29, 1.82) is 0 Å². The maximum Gasteiger partial charge on any atom is 0.226 e. The highest BCUT2D eigenvalue weighted by Crippen LogP contribution is 2.27. The molecule has 2 unspecified atom stereocenters. The number of thioether (sulfide) groups is 1. The van der Waals surface area contributed by atoms with Gasteiger partial charge in [-0.05, 0) is 43.9 Å². The first-order valence-corrected chi connectivity index (χ1v) is 8.99. The van der Waals surface area contributed by atoms with Crippen LogP contribution in [-0.2, 0) is 4.79 Å². The van der Waals surface area contributed by atoms with Gasteiger partial charge >= 0.3 is 0 Å². The fourth-order valence-electron chi connectivity index (χ4n) is 3.22. The second-order valence-electron chi connectivity index (χ2n) is 6.11. The van der Waals surface area contributed by atoms with Crippen LogP contribution >= 0.6 is 11.8 Å². The van der Waals surface area contributed by atoms with E-state index in [1.807, 2.05) is 11.8 Å². The zero-order chi connectivity index (χ0) is 14.5. The average Bonchev–Trinajstić information content (AvgIpc) is 3.03. The molecule has 0 radical (unpaired) electrons. The molecule has 0 aliphatic carbocycles. The summed E-state index contributed by atoms with van der Waals surface area (Å²) in [5, 5.41) is 3.35. The van der Waals surface area contributed by atoms with Crippen LogP contribution < -0.4 is 5.32 Å². The quantitative estimate of drug-likeness (QED) is 0.868. The van der Waals surface area contributed by atoms with Crippen LogP contribution in [-0.4, -0.2) is 42.7 Å². The lowest BCUT2D eigenvalue weighted by Gasteiger charge is -2.26. The van der Waals surface area contributed by atoms with Crippen LogP contribution in [0.25, 0.3) is 0 Å². The van der Waals surface area contributed by atoms with E-state index >= 15 is 0 Å². The molecular weight excluding hydrogens is 280 g/mol. The highest BCUT2D eigenvalue weighted by atomic mass is 32.2. The molecule has 0 spiro atoms. The maximum atomic E-state index is 12.5. The SMILES string of the molecule is O=C(C1CCCNC1)N1CCC(CSc2ccccc2)C1. The predicted octanol–water partition coefficient (Wildman–Crippen LogP) is 2.63. The van der Waals surface area contributed by atoms with Crippen molar-refractivity contribution in [3.8, 4) is 0 Å². The fraction of sp³-hybridized carbons (Fsp3) is 0.588. The Kier molecular flexibility index (Phi) is 5.20. The third-order valence-corrected chi connectivity index (χ3v) is 5.72. The molecule has 21 heavy (non-hydrogen) atoms. The second-order valence-corrected chi connectivity index (χ2v) is 7.20. The number of nitrogens with zero attached hydrogens (tertiary/aromatic N) is 1. The van der Waals surface area contributed by atoms with Gasteiger partial charge in [-0.3, -0.25) is 4.79 Å². The topological polar surface area (TPSA) is 32.3 Å². The van der Waals surface area contributed by atoms with Gasteiger partial charge in [0.15, 0.2) is 0 Å². The second kappa shape index (κ2) is 7.32. The van der Waals surface area contributed by atoms with Crippen LogP contribution in [0.15, 0.2) is 35.2 Å². The molecule has 0 bridgehead atoms. The van der Waals surface area contributed by atoms with Gasteiger partial charge in [0.1, 0.15) is 0 Å². The number of carbonyl (C=O) groups excluding carboxylic acids is 1. The van der Waals surface area contributed by atoms with Crippen molar-refractivity contribution in [2.75, 3.05) is 31.9 Å². The summed E-state index contributed by atoms with van der Waals surface area (Å²) in [7, 11) is 0. The van der Waals surface area contributed by atoms with Gasteiger partial charge in [0.05, 0.1) is 5.92 Å². The Morgan fingerprint density at radius 3 is 2.90 bits per heavy atom. The summed E-state index contributed by atoms with van der Waals surface area (Å²) < 4.78 is 0.